The Hall–Kier alpha value is -0.850. The highest BCUT2D eigenvalue weighted by Gasteiger charge is 1.87. The zero-order valence-corrected chi connectivity index (χ0v) is 7.39. The van der Waals surface area contributed by atoms with Gasteiger partial charge in [0.2, 0.25) is 0 Å². The Kier molecular flexibility index (Phi) is 5.44. The number of rotatable bonds is 3. The molecule has 0 bridgehead atoms. The van der Waals surface area contributed by atoms with Gasteiger partial charge in [0.05, 0.1) is 0 Å². The third kappa shape index (κ3) is 5.59. The van der Waals surface area contributed by atoms with Gasteiger partial charge in [0.1, 0.15) is 5.83 Å². The Morgan fingerprint density at radius 2 is 2.09 bits per heavy atom. The van der Waals surface area contributed by atoms with Crippen LogP contribution in [0.2, 0.25) is 0 Å². The van der Waals surface area contributed by atoms with Crippen LogP contribution in [0.4, 0.5) is 4.39 Å². The molecule has 0 aliphatic rings. The van der Waals surface area contributed by atoms with Crippen molar-refractivity contribution >= 4 is 0 Å². The number of allylic oxidation sites excluding steroid dienone is 6. The Morgan fingerprint density at radius 3 is 2.55 bits per heavy atom. The summed E-state index contributed by atoms with van der Waals surface area (Å²) in [6.07, 6.45) is 7.40. The van der Waals surface area contributed by atoms with Gasteiger partial charge in [-0.1, -0.05) is 24.6 Å². The van der Waals surface area contributed by atoms with Crippen molar-refractivity contribution < 1.29 is 4.39 Å². The zero-order valence-electron chi connectivity index (χ0n) is 7.39. The van der Waals surface area contributed by atoms with Gasteiger partial charge in [0, 0.05) is 0 Å². The molecule has 0 aliphatic heterocycles. The molecule has 1 heteroatoms. The van der Waals surface area contributed by atoms with Gasteiger partial charge in [0.25, 0.3) is 0 Å². The molecule has 0 aromatic rings. The fourth-order valence-electron chi connectivity index (χ4n) is 0.574. The van der Waals surface area contributed by atoms with Crippen molar-refractivity contribution in [1.82, 2.24) is 0 Å². The van der Waals surface area contributed by atoms with E-state index in [1.807, 2.05) is 20.8 Å². The van der Waals surface area contributed by atoms with E-state index >= 15 is 0 Å². The summed E-state index contributed by atoms with van der Waals surface area (Å²) in [6.45, 7) is 5.79. The first-order chi connectivity index (χ1) is 5.20. The Balaban J connectivity index is 4.14. The molecule has 0 unspecified atom stereocenters. The van der Waals surface area contributed by atoms with Crippen LogP contribution in [0.3, 0.4) is 0 Å². The molecular formula is C10H15F. The molecule has 0 saturated heterocycles. The second-order valence-electron chi connectivity index (χ2n) is 2.42. The molecule has 0 N–H and O–H groups in total. The van der Waals surface area contributed by atoms with E-state index in [0.29, 0.717) is 0 Å². The van der Waals surface area contributed by atoms with E-state index in [2.05, 4.69) is 0 Å². The summed E-state index contributed by atoms with van der Waals surface area (Å²) in [5.74, 6) is -0.178. The summed E-state index contributed by atoms with van der Waals surface area (Å²) in [7, 11) is 0. The molecule has 0 aliphatic carbocycles. The van der Waals surface area contributed by atoms with Crippen LogP contribution in [-0.2, 0) is 0 Å². The van der Waals surface area contributed by atoms with Gasteiger partial charge in [-0.3, -0.25) is 0 Å². The Morgan fingerprint density at radius 1 is 1.45 bits per heavy atom. The van der Waals surface area contributed by atoms with Gasteiger partial charge < -0.3 is 0 Å². The number of hydrogen-bond donors (Lipinski definition) is 0. The van der Waals surface area contributed by atoms with Crippen LogP contribution in [0.25, 0.3) is 0 Å². The van der Waals surface area contributed by atoms with Gasteiger partial charge >= 0.3 is 0 Å². The second kappa shape index (κ2) is 5.90. The average Bonchev–Trinajstić information content (AvgIpc) is 2.00. The maximum Gasteiger partial charge on any atom is 0.123 e. The predicted molar refractivity (Wildman–Crippen MR) is 48.1 cm³/mol. The molecule has 0 spiro atoms. The summed E-state index contributed by atoms with van der Waals surface area (Å²) >= 11 is 0. The van der Waals surface area contributed by atoms with Gasteiger partial charge in [-0.15, -0.1) is 0 Å². The van der Waals surface area contributed by atoms with E-state index in [-0.39, 0.29) is 5.83 Å². The highest BCUT2D eigenvalue weighted by Crippen LogP contribution is 2.06. The molecule has 0 saturated carbocycles. The predicted octanol–water partition coefficient (Wildman–Crippen LogP) is 3.77. The van der Waals surface area contributed by atoms with Crippen molar-refractivity contribution in [2.24, 2.45) is 0 Å². The lowest BCUT2D eigenvalue weighted by Crippen LogP contribution is -1.72. The van der Waals surface area contributed by atoms with E-state index in [0.717, 1.165) is 12.0 Å². The van der Waals surface area contributed by atoms with Crippen molar-refractivity contribution in [1.29, 1.82) is 0 Å². The quantitative estimate of drug-likeness (QED) is 0.543. The molecule has 0 amide bonds. The second-order valence-corrected chi connectivity index (χ2v) is 2.42. The van der Waals surface area contributed by atoms with Crippen LogP contribution in [0, 0.1) is 0 Å². The van der Waals surface area contributed by atoms with E-state index in [1.54, 1.807) is 18.2 Å². The fraction of sp³-hybridized carbons (Fsp3) is 0.400. The van der Waals surface area contributed by atoms with Crippen molar-refractivity contribution in [3.05, 3.63) is 35.7 Å². The lowest BCUT2D eigenvalue weighted by atomic mass is 10.2. The minimum Gasteiger partial charge on any atom is -0.207 e. The lowest BCUT2D eigenvalue weighted by Gasteiger charge is -1.91. The maximum absolute atomic E-state index is 12.8. The summed E-state index contributed by atoms with van der Waals surface area (Å²) in [4.78, 5) is 0. The SMILES string of the molecule is C/C=C/C=C(F)\C=C(/C)CC. The standard InChI is InChI=1S/C10H15F/c1-4-6-7-10(11)8-9(3)5-2/h4,6-8H,5H2,1-3H3/b6-4+,9-8+,10-7+. The monoisotopic (exact) mass is 154 g/mol. The molecule has 0 atom stereocenters. The molecule has 11 heavy (non-hydrogen) atoms. The summed E-state index contributed by atoms with van der Waals surface area (Å²) in [5.41, 5.74) is 1.06. The maximum atomic E-state index is 12.8. The van der Waals surface area contributed by atoms with E-state index in [9.17, 15) is 4.39 Å². The molecule has 0 rings (SSSR count). The molecule has 0 aromatic heterocycles. The van der Waals surface area contributed by atoms with E-state index < -0.39 is 0 Å². The molecule has 0 fully saturated rings. The highest BCUT2D eigenvalue weighted by molar-refractivity contribution is 5.20. The highest BCUT2D eigenvalue weighted by atomic mass is 19.1. The van der Waals surface area contributed by atoms with Gasteiger partial charge in [-0.25, -0.2) is 4.39 Å². The van der Waals surface area contributed by atoms with Crippen molar-refractivity contribution in [3.8, 4) is 0 Å². The fourth-order valence-corrected chi connectivity index (χ4v) is 0.574. The minimum absolute atomic E-state index is 0.178. The average molecular weight is 154 g/mol. The lowest BCUT2D eigenvalue weighted by molar-refractivity contribution is 0.664. The zero-order chi connectivity index (χ0) is 8.69. The number of hydrogen-bond acceptors (Lipinski definition) is 0. The summed E-state index contributed by atoms with van der Waals surface area (Å²) < 4.78 is 12.8. The normalized spacial score (nSPS) is 14.5. The smallest absolute Gasteiger partial charge is 0.123 e. The first-order valence-corrected chi connectivity index (χ1v) is 3.86. The van der Waals surface area contributed by atoms with Crippen LogP contribution in [-0.4, -0.2) is 0 Å². The van der Waals surface area contributed by atoms with Crippen molar-refractivity contribution in [2.75, 3.05) is 0 Å². The van der Waals surface area contributed by atoms with Gasteiger partial charge in [0.15, 0.2) is 0 Å². The molecule has 0 aromatic carbocycles. The molecule has 62 valence electrons. The first kappa shape index (κ1) is 10.2. The minimum atomic E-state index is -0.178. The van der Waals surface area contributed by atoms with Crippen LogP contribution in [0.1, 0.15) is 27.2 Å². The third-order valence-electron chi connectivity index (χ3n) is 1.39. The largest absolute Gasteiger partial charge is 0.207 e. The summed E-state index contributed by atoms with van der Waals surface area (Å²) in [6, 6.07) is 0. The van der Waals surface area contributed by atoms with Crippen LogP contribution in [0.15, 0.2) is 35.7 Å². The molecule has 0 radical (unpaired) electrons. The van der Waals surface area contributed by atoms with Crippen molar-refractivity contribution in [2.45, 2.75) is 27.2 Å². The Labute approximate surface area is 68.1 Å². The number of halogens is 1. The van der Waals surface area contributed by atoms with Gasteiger partial charge in [-0.05, 0) is 32.4 Å². The van der Waals surface area contributed by atoms with E-state index in [1.165, 1.54) is 6.08 Å². The van der Waals surface area contributed by atoms with Crippen LogP contribution >= 0.6 is 0 Å². The molecular weight excluding hydrogens is 139 g/mol. The molecule has 0 heterocycles. The topological polar surface area (TPSA) is 0 Å². The first-order valence-electron chi connectivity index (χ1n) is 3.86. The van der Waals surface area contributed by atoms with Crippen LogP contribution in [0.5, 0.6) is 0 Å². The van der Waals surface area contributed by atoms with Crippen molar-refractivity contribution in [3.63, 3.8) is 0 Å². The van der Waals surface area contributed by atoms with Crippen LogP contribution < -0.4 is 0 Å². The molecule has 0 nitrogen and oxygen atoms in total. The summed E-state index contributed by atoms with van der Waals surface area (Å²) in [5, 5.41) is 0. The Bertz CT molecular complexity index is 185. The van der Waals surface area contributed by atoms with E-state index in [4.69, 9.17) is 0 Å². The van der Waals surface area contributed by atoms with Gasteiger partial charge in [-0.2, -0.15) is 0 Å². The third-order valence-corrected chi connectivity index (χ3v) is 1.39.